The molecule has 4 nitrogen and oxygen atoms in total. The van der Waals surface area contributed by atoms with E-state index in [-0.39, 0.29) is 12.4 Å². The summed E-state index contributed by atoms with van der Waals surface area (Å²) in [7, 11) is 0. The van der Waals surface area contributed by atoms with E-state index in [2.05, 4.69) is 0 Å². The van der Waals surface area contributed by atoms with Crippen molar-refractivity contribution < 1.29 is 19.1 Å². The summed E-state index contributed by atoms with van der Waals surface area (Å²) >= 11 is 1.26. The van der Waals surface area contributed by atoms with Gasteiger partial charge in [-0.2, -0.15) is 0 Å². The largest absolute Gasteiger partial charge is 0.462 e. The van der Waals surface area contributed by atoms with E-state index in [1.54, 1.807) is 13.0 Å². The van der Waals surface area contributed by atoms with Crippen molar-refractivity contribution in [1.29, 1.82) is 0 Å². The van der Waals surface area contributed by atoms with Crippen LogP contribution >= 0.6 is 11.3 Å². The van der Waals surface area contributed by atoms with E-state index in [1.807, 2.05) is 60.7 Å². The Labute approximate surface area is 160 Å². The minimum Gasteiger partial charge on any atom is -0.462 e. The van der Waals surface area contributed by atoms with Crippen molar-refractivity contribution in [3.8, 4) is 5.75 Å². The molecule has 27 heavy (non-hydrogen) atoms. The Morgan fingerprint density at radius 2 is 1.56 bits per heavy atom. The van der Waals surface area contributed by atoms with Crippen LogP contribution in [0.4, 0.5) is 0 Å². The first-order valence-electron chi connectivity index (χ1n) is 8.57. The number of thiophene rings is 1. The van der Waals surface area contributed by atoms with Gasteiger partial charge in [0.2, 0.25) is 0 Å². The van der Waals surface area contributed by atoms with Crippen LogP contribution < -0.4 is 4.74 Å². The fraction of sp³-hybridized carbons (Fsp3) is 0.0909. The highest BCUT2D eigenvalue weighted by Gasteiger charge is 2.24. The summed E-state index contributed by atoms with van der Waals surface area (Å²) in [6, 6.07) is 20.5. The van der Waals surface area contributed by atoms with Gasteiger partial charge >= 0.3 is 11.9 Å². The molecule has 0 fully saturated rings. The van der Waals surface area contributed by atoms with E-state index in [9.17, 15) is 9.59 Å². The second kappa shape index (κ2) is 7.21. The van der Waals surface area contributed by atoms with Crippen molar-refractivity contribution in [2.45, 2.75) is 6.92 Å². The molecule has 0 aliphatic carbocycles. The predicted octanol–water partition coefficient (Wildman–Crippen LogP) is 5.45. The van der Waals surface area contributed by atoms with Crippen LogP contribution in [0.25, 0.3) is 20.9 Å². The first-order valence-corrected chi connectivity index (χ1v) is 9.39. The van der Waals surface area contributed by atoms with Gasteiger partial charge in [0, 0.05) is 10.1 Å². The van der Waals surface area contributed by atoms with E-state index in [4.69, 9.17) is 9.47 Å². The SMILES string of the molecule is CCOC(=O)c1sc2ccccc2c1OC(=O)c1cccc2ccccc12. The number of hydrogen-bond acceptors (Lipinski definition) is 5. The number of carbonyl (C=O) groups excluding carboxylic acids is 2. The lowest BCUT2D eigenvalue weighted by Crippen LogP contribution is -2.12. The molecule has 3 aromatic carbocycles. The van der Waals surface area contributed by atoms with Crippen molar-refractivity contribution in [2.24, 2.45) is 0 Å². The monoisotopic (exact) mass is 376 g/mol. The maximum atomic E-state index is 12.9. The van der Waals surface area contributed by atoms with E-state index in [0.717, 1.165) is 20.9 Å². The molecule has 0 N–H and O–H groups in total. The molecule has 4 rings (SSSR count). The molecule has 1 heterocycles. The summed E-state index contributed by atoms with van der Waals surface area (Å²) in [5, 5.41) is 2.48. The zero-order valence-electron chi connectivity index (χ0n) is 14.6. The van der Waals surface area contributed by atoms with Gasteiger partial charge in [-0.15, -0.1) is 11.3 Å². The number of rotatable bonds is 4. The Balaban J connectivity index is 1.79. The van der Waals surface area contributed by atoms with Crippen LogP contribution in [-0.2, 0) is 4.74 Å². The molecule has 0 aliphatic heterocycles. The average Bonchev–Trinajstić information content (AvgIpc) is 3.06. The quantitative estimate of drug-likeness (QED) is 0.444. The highest BCUT2D eigenvalue weighted by Crippen LogP contribution is 2.39. The van der Waals surface area contributed by atoms with Gasteiger partial charge in [-0.1, -0.05) is 48.5 Å². The van der Waals surface area contributed by atoms with Gasteiger partial charge in [-0.3, -0.25) is 0 Å². The second-order valence-electron chi connectivity index (χ2n) is 5.89. The molecule has 134 valence electrons. The third kappa shape index (κ3) is 3.17. The van der Waals surface area contributed by atoms with Crippen LogP contribution in [-0.4, -0.2) is 18.5 Å². The molecular weight excluding hydrogens is 360 g/mol. The third-order valence-corrected chi connectivity index (χ3v) is 5.35. The van der Waals surface area contributed by atoms with Crippen LogP contribution in [0, 0.1) is 0 Å². The Kier molecular flexibility index (Phi) is 4.60. The van der Waals surface area contributed by atoms with Gasteiger partial charge in [-0.05, 0) is 35.9 Å². The standard InChI is InChI=1S/C22H16O4S/c1-2-25-22(24)20-19(17-11-5-6-13-18(17)27-20)26-21(23)16-12-7-9-14-8-3-4-10-15(14)16/h3-13H,2H2,1H3. The highest BCUT2D eigenvalue weighted by atomic mass is 32.1. The van der Waals surface area contributed by atoms with Crippen molar-refractivity contribution in [3.63, 3.8) is 0 Å². The Hall–Kier alpha value is -3.18. The Morgan fingerprint density at radius 1 is 0.852 bits per heavy atom. The van der Waals surface area contributed by atoms with Crippen molar-refractivity contribution in [1.82, 2.24) is 0 Å². The van der Waals surface area contributed by atoms with Crippen LogP contribution in [0.3, 0.4) is 0 Å². The lowest BCUT2D eigenvalue weighted by Gasteiger charge is -2.08. The molecule has 0 saturated carbocycles. The molecule has 0 radical (unpaired) electrons. The molecule has 5 heteroatoms. The third-order valence-electron chi connectivity index (χ3n) is 4.22. The molecule has 0 unspecified atom stereocenters. The maximum absolute atomic E-state index is 12.9. The molecular formula is C22H16O4S. The summed E-state index contributed by atoms with van der Waals surface area (Å²) in [4.78, 5) is 25.6. The minimum atomic E-state index is -0.499. The number of ether oxygens (including phenoxy) is 2. The fourth-order valence-electron chi connectivity index (χ4n) is 3.01. The summed E-state index contributed by atoms with van der Waals surface area (Å²) < 4.78 is 11.7. The molecule has 0 aliphatic rings. The zero-order chi connectivity index (χ0) is 18.8. The predicted molar refractivity (Wildman–Crippen MR) is 107 cm³/mol. The number of fused-ring (bicyclic) bond motifs is 2. The van der Waals surface area contributed by atoms with Crippen molar-refractivity contribution in [3.05, 3.63) is 77.2 Å². The number of esters is 2. The average molecular weight is 376 g/mol. The molecule has 0 atom stereocenters. The van der Waals surface area contributed by atoms with Crippen LogP contribution in [0.1, 0.15) is 27.0 Å². The molecule has 0 bridgehead atoms. The Morgan fingerprint density at radius 3 is 2.37 bits per heavy atom. The molecule has 4 aromatic rings. The summed E-state index contributed by atoms with van der Waals surface area (Å²) in [6.07, 6.45) is 0. The lowest BCUT2D eigenvalue weighted by atomic mass is 10.0. The molecule has 0 amide bonds. The van der Waals surface area contributed by atoms with Gasteiger partial charge < -0.3 is 9.47 Å². The zero-order valence-corrected chi connectivity index (χ0v) is 15.4. The topological polar surface area (TPSA) is 52.6 Å². The van der Waals surface area contributed by atoms with Crippen LogP contribution in [0.15, 0.2) is 66.7 Å². The smallest absolute Gasteiger partial charge is 0.352 e. The summed E-state index contributed by atoms with van der Waals surface area (Å²) in [5.41, 5.74) is 0.457. The number of hydrogen-bond donors (Lipinski definition) is 0. The van der Waals surface area contributed by atoms with Gasteiger partial charge in [0.25, 0.3) is 0 Å². The molecule has 0 spiro atoms. The normalized spacial score (nSPS) is 10.9. The van der Waals surface area contributed by atoms with Gasteiger partial charge in [-0.25, -0.2) is 9.59 Å². The first-order chi connectivity index (χ1) is 13.2. The minimum absolute atomic E-state index is 0.254. The molecule has 1 aromatic heterocycles. The van der Waals surface area contributed by atoms with Crippen LogP contribution in [0.5, 0.6) is 5.75 Å². The first kappa shape index (κ1) is 17.2. The molecule has 0 saturated heterocycles. The second-order valence-corrected chi connectivity index (χ2v) is 6.95. The van der Waals surface area contributed by atoms with Crippen LogP contribution in [0.2, 0.25) is 0 Å². The summed E-state index contributed by atoms with van der Waals surface area (Å²) in [6.45, 7) is 2.00. The highest BCUT2D eigenvalue weighted by molar-refractivity contribution is 7.21. The van der Waals surface area contributed by atoms with Crippen molar-refractivity contribution >= 4 is 44.1 Å². The lowest BCUT2D eigenvalue weighted by molar-refractivity contribution is 0.0527. The van der Waals surface area contributed by atoms with E-state index in [0.29, 0.717) is 10.4 Å². The Bertz CT molecular complexity index is 1150. The number of carbonyl (C=O) groups is 2. The number of benzene rings is 3. The fourth-order valence-corrected chi connectivity index (χ4v) is 4.03. The van der Waals surface area contributed by atoms with Gasteiger partial charge in [0.05, 0.1) is 12.2 Å². The van der Waals surface area contributed by atoms with Gasteiger partial charge in [0.1, 0.15) is 0 Å². The van der Waals surface area contributed by atoms with E-state index in [1.165, 1.54) is 11.3 Å². The maximum Gasteiger partial charge on any atom is 0.352 e. The van der Waals surface area contributed by atoms with Gasteiger partial charge in [0.15, 0.2) is 10.6 Å². The van der Waals surface area contributed by atoms with E-state index < -0.39 is 11.9 Å². The van der Waals surface area contributed by atoms with Crippen molar-refractivity contribution in [2.75, 3.05) is 6.61 Å². The van der Waals surface area contributed by atoms with E-state index >= 15 is 0 Å². The summed E-state index contributed by atoms with van der Waals surface area (Å²) in [5.74, 6) is -0.729.